The van der Waals surface area contributed by atoms with Crippen molar-refractivity contribution in [1.82, 2.24) is 9.88 Å². The third-order valence-electron chi connectivity index (χ3n) is 6.57. The van der Waals surface area contributed by atoms with Gasteiger partial charge < -0.3 is 25.2 Å². The number of thiophene rings is 1. The fraction of sp³-hybridized carbons (Fsp3) is 0.250. The summed E-state index contributed by atoms with van der Waals surface area (Å²) in [7, 11) is 0. The molecule has 2 aliphatic rings. The van der Waals surface area contributed by atoms with E-state index in [1.807, 2.05) is 12.1 Å². The Labute approximate surface area is 227 Å². The first kappa shape index (κ1) is 25.2. The Hall–Kier alpha value is -4.06. The molecule has 2 aliphatic heterocycles. The van der Waals surface area contributed by atoms with Gasteiger partial charge in [-0.1, -0.05) is 6.07 Å². The Bertz CT molecular complexity index is 1580. The number of aliphatic hydroxyl groups is 1. The van der Waals surface area contributed by atoms with Gasteiger partial charge in [0.05, 0.1) is 22.4 Å². The van der Waals surface area contributed by atoms with Gasteiger partial charge in [0.25, 0.3) is 11.8 Å². The van der Waals surface area contributed by atoms with Crippen molar-refractivity contribution in [3.8, 4) is 11.5 Å². The number of hydrogen-bond donors (Lipinski definition) is 3. The van der Waals surface area contributed by atoms with Crippen LogP contribution >= 0.6 is 11.3 Å². The zero-order chi connectivity index (χ0) is 26.9. The summed E-state index contributed by atoms with van der Waals surface area (Å²) in [4.78, 5) is 33.7. The summed E-state index contributed by atoms with van der Waals surface area (Å²) in [5.74, 6) is -0.457. The molecular formula is C28H25FN4O5S. The second-order valence-electron chi connectivity index (χ2n) is 9.45. The maximum Gasteiger partial charge on any atom is 0.265 e. The van der Waals surface area contributed by atoms with Crippen LogP contribution in [-0.4, -0.2) is 59.2 Å². The van der Waals surface area contributed by atoms with Crippen LogP contribution in [0.5, 0.6) is 11.5 Å². The van der Waals surface area contributed by atoms with E-state index in [1.54, 1.807) is 24.3 Å². The van der Waals surface area contributed by atoms with Gasteiger partial charge in [0.1, 0.15) is 23.9 Å². The molecule has 0 spiro atoms. The molecule has 0 radical (unpaired) electrons. The number of β-amino-alcohol motifs (C(OH)–C–C–N with tert-alkyl or cyclic N) is 1. The molecule has 1 saturated heterocycles. The number of pyridine rings is 1. The number of hydrogen-bond acceptors (Lipinski definition) is 8. The SMILES string of the molecule is O=C(Nc1ccc(F)c(NC(=O)c2cc3ccc(CN4CCC(O)C4)nc3s2)c1)c1ccc2c(c1)OCCO2. The first-order chi connectivity index (χ1) is 18.9. The normalized spacial score (nSPS) is 16.8. The summed E-state index contributed by atoms with van der Waals surface area (Å²) < 4.78 is 25.6. The van der Waals surface area contributed by atoms with Gasteiger partial charge in [0.2, 0.25) is 0 Å². The van der Waals surface area contributed by atoms with Gasteiger partial charge in [-0.15, -0.1) is 11.3 Å². The number of carbonyl (C=O) groups is 2. The predicted molar refractivity (Wildman–Crippen MR) is 145 cm³/mol. The number of aliphatic hydroxyl groups excluding tert-OH is 1. The van der Waals surface area contributed by atoms with E-state index >= 15 is 0 Å². The van der Waals surface area contributed by atoms with Crippen molar-refractivity contribution in [2.75, 3.05) is 36.9 Å². The molecule has 2 amide bonds. The lowest BCUT2D eigenvalue weighted by Crippen LogP contribution is -2.21. The van der Waals surface area contributed by atoms with Crippen LogP contribution < -0.4 is 20.1 Å². The van der Waals surface area contributed by atoms with Gasteiger partial charge in [-0.3, -0.25) is 14.5 Å². The van der Waals surface area contributed by atoms with Gasteiger partial charge >= 0.3 is 0 Å². The van der Waals surface area contributed by atoms with Gasteiger partial charge in [0.15, 0.2) is 11.5 Å². The second kappa shape index (κ2) is 10.6. The number of amides is 2. The fourth-order valence-corrected chi connectivity index (χ4v) is 5.56. The standard InChI is InChI=1S/C28H25FN4O5S/c29-21-5-4-18(30-26(35)16-2-6-23-24(11-16)38-10-9-37-23)13-22(21)32-27(36)25-12-17-1-3-19(31-28(17)39-25)14-33-8-7-20(34)15-33/h1-6,11-13,20,34H,7-10,14-15H2,(H,30,35)(H,32,36). The van der Waals surface area contributed by atoms with Gasteiger partial charge in [-0.05, 0) is 55.0 Å². The van der Waals surface area contributed by atoms with E-state index < -0.39 is 17.6 Å². The zero-order valence-electron chi connectivity index (χ0n) is 20.8. The van der Waals surface area contributed by atoms with Crippen LogP contribution in [0.3, 0.4) is 0 Å². The number of fused-ring (bicyclic) bond motifs is 2. The molecule has 2 aromatic heterocycles. The van der Waals surface area contributed by atoms with Gasteiger partial charge in [0, 0.05) is 36.3 Å². The van der Waals surface area contributed by atoms with Crippen LogP contribution in [0, 0.1) is 5.82 Å². The minimum Gasteiger partial charge on any atom is -0.486 e. The Balaban J connectivity index is 1.14. The lowest BCUT2D eigenvalue weighted by atomic mass is 10.1. The summed E-state index contributed by atoms with van der Waals surface area (Å²) in [5, 5.41) is 15.9. The molecule has 0 saturated carbocycles. The third kappa shape index (κ3) is 5.56. The molecule has 11 heteroatoms. The molecule has 1 unspecified atom stereocenters. The van der Waals surface area contributed by atoms with Crippen LogP contribution in [-0.2, 0) is 6.54 Å². The molecule has 0 aliphatic carbocycles. The number of halogens is 1. The molecular weight excluding hydrogens is 523 g/mol. The van der Waals surface area contributed by atoms with E-state index in [1.165, 1.54) is 29.5 Å². The zero-order valence-corrected chi connectivity index (χ0v) is 21.6. The topological polar surface area (TPSA) is 113 Å². The monoisotopic (exact) mass is 548 g/mol. The molecule has 1 atom stereocenters. The summed E-state index contributed by atoms with van der Waals surface area (Å²) in [6.45, 7) is 2.93. The first-order valence-electron chi connectivity index (χ1n) is 12.5. The average molecular weight is 549 g/mol. The number of aromatic nitrogens is 1. The Kier molecular flexibility index (Phi) is 6.86. The number of anilines is 2. The van der Waals surface area contributed by atoms with E-state index in [0.29, 0.717) is 58.8 Å². The Morgan fingerprint density at radius 1 is 1.03 bits per heavy atom. The van der Waals surface area contributed by atoms with E-state index in [-0.39, 0.29) is 11.8 Å². The van der Waals surface area contributed by atoms with Crippen molar-refractivity contribution in [2.45, 2.75) is 19.1 Å². The first-order valence-corrected chi connectivity index (χ1v) is 13.3. The van der Waals surface area contributed by atoms with Crippen LogP contribution in [0.25, 0.3) is 10.2 Å². The van der Waals surface area contributed by atoms with E-state index in [2.05, 4.69) is 20.5 Å². The van der Waals surface area contributed by atoms with E-state index in [0.717, 1.165) is 24.0 Å². The molecule has 1 fully saturated rings. The highest BCUT2D eigenvalue weighted by Crippen LogP contribution is 2.31. The molecule has 3 N–H and O–H groups in total. The number of nitrogens with zero attached hydrogens (tertiary/aromatic N) is 2. The number of likely N-dealkylation sites (tertiary alicyclic amines) is 1. The molecule has 9 nitrogen and oxygen atoms in total. The van der Waals surface area contributed by atoms with Crippen molar-refractivity contribution in [2.24, 2.45) is 0 Å². The Morgan fingerprint density at radius 2 is 1.87 bits per heavy atom. The lowest BCUT2D eigenvalue weighted by molar-refractivity contribution is 0.102. The fourth-order valence-electron chi connectivity index (χ4n) is 4.61. The number of benzene rings is 2. The number of rotatable bonds is 6. The molecule has 39 heavy (non-hydrogen) atoms. The largest absolute Gasteiger partial charge is 0.486 e. The van der Waals surface area contributed by atoms with Crippen LogP contribution in [0.1, 0.15) is 32.1 Å². The minimum absolute atomic E-state index is 0.0568. The van der Waals surface area contributed by atoms with E-state index in [4.69, 9.17) is 9.47 Å². The van der Waals surface area contributed by atoms with Crippen molar-refractivity contribution in [1.29, 1.82) is 0 Å². The quantitative estimate of drug-likeness (QED) is 0.330. The lowest BCUT2D eigenvalue weighted by Gasteiger charge is -2.18. The molecule has 6 rings (SSSR count). The molecule has 0 bridgehead atoms. The molecule has 4 heterocycles. The summed E-state index contributed by atoms with van der Waals surface area (Å²) in [5.41, 5.74) is 1.48. The number of ether oxygens (including phenoxy) is 2. The maximum atomic E-state index is 14.6. The second-order valence-corrected chi connectivity index (χ2v) is 10.5. The van der Waals surface area contributed by atoms with Crippen molar-refractivity contribution >= 4 is 44.7 Å². The smallest absolute Gasteiger partial charge is 0.265 e. The summed E-state index contributed by atoms with van der Waals surface area (Å²) in [6, 6.07) is 14.4. The summed E-state index contributed by atoms with van der Waals surface area (Å²) >= 11 is 1.22. The van der Waals surface area contributed by atoms with Gasteiger partial charge in [-0.2, -0.15) is 0 Å². The van der Waals surface area contributed by atoms with Crippen LogP contribution in [0.2, 0.25) is 0 Å². The van der Waals surface area contributed by atoms with Gasteiger partial charge in [-0.25, -0.2) is 9.37 Å². The number of carbonyl (C=O) groups excluding carboxylic acids is 2. The van der Waals surface area contributed by atoms with Crippen molar-refractivity contribution < 1.29 is 28.6 Å². The minimum atomic E-state index is -0.630. The van der Waals surface area contributed by atoms with Crippen molar-refractivity contribution in [3.63, 3.8) is 0 Å². The average Bonchev–Trinajstić information content (AvgIpc) is 3.55. The molecule has 2 aromatic carbocycles. The molecule has 200 valence electrons. The van der Waals surface area contributed by atoms with Crippen molar-refractivity contribution in [3.05, 3.63) is 76.5 Å². The highest BCUT2D eigenvalue weighted by atomic mass is 32.1. The predicted octanol–water partition coefficient (Wildman–Crippen LogP) is 4.28. The maximum absolute atomic E-state index is 14.6. The highest BCUT2D eigenvalue weighted by Gasteiger charge is 2.21. The number of nitrogens with one attached hydrogen (secondary N) is 2. The molecule has 4 aromatic rings. The van der Waals surface area contributed by atoms with Crippen LogP contribution in [0.4, 0.5) is 15.8 Å². The highest BCUT2D eigenvalue weighted by molar-refractivity contribution is 7.20. The summed E-state index contributed by atoms with van der Waals surface area (Å²) in [6.07, 6.45) is 0.456. The van der Waals surface area contributed by atoms with Crippen LogP contribution in [0.15, 0.2) is 54.6 Å². The Morgan fingerprint density at radius 3 is 2.69 bits per heavy atom. The third-order valence-corrected chi connectivity index (χ3v) is 7.62. The van der Waals surface area contributed by atoms with E-state index in [9.17, 15) is 19.1 Å².